The Kier molecular flexibility index (Phi) is 4.91. The topological polar surface area (TPSA) is 45.5 Å². The number of carbonyl (C=O) groups excluding carboxylic acids is 1. The van der Waals surface area contributed by atoms with Gasteiger partial charge in [0.15, 0.2) is 5.76 Å². The lowest BCUT2D eigenvalue weighted by Gasteiger charge is -2.32. The fraction of sp³-hybridized carbons (Fsp3) is 0.438. The van der Waals surface area contributed by atoms with Crippen LogP contribution in [-0.2, 0) is 0 Å². The summed E-state index contributed by atoms with van der Waals surface area (Å²) in [6.45, 7) is 3.53. The Morgan fingerprint density at radius 1 is 1.38 bits per heavy atom. The van der Waals surface area contributed by atoms with Crippen molar-refractivity contribution in [3.05, 3.63) is 35.6 Å². The van der Waals surface area contributed by atoms with E-state index in [9.17, 15) is 4.79 Å². The van der Waals surface area contributed by atoms with Crippen molar-refractivity contribution in [1.29, 1.82) is 0 Å². The number of benzene rings is 1. The molecule has 4 nitrogen and oxygen atoms in total. The summed E-state index contributed by atoms with van der Waals surface area (Å²) in [5.41, 5.74) is 1.73. The number of nitrogens with one attached hydrogen (secondary N) is 1. The van der Waals surface area contributed by atoms with E-state index in [1.807, 2.05) is 43.1 Å². The number of carbonyl (C=O) groups is 1. The van der Waals surface area contributed by atoms with E-state index in [-0.39, 0.29) is 18.3 Å². The molecule has 1 aromatic carbocycles. The number of hydrogen-bond donors (Lipinski definition) is 1. The number of likely N-dealkylation sites (N-methyl/N-ethyl adjacent to an activating group) is 1. The SMILES string of the molecule is CNC1CCCN(C(=O)c2oc3ccccc3c2C)C1.Cl. The first-order valence-electron chi connectivity index (χ1n) is 7.15. The molecule has 1 aliphatic heterocycles. The molecule has 1 unspecified atom stereocenters. The first-order valence-corrected chi connectivity index (χ1v) is 7.15. The van der Waals surface area contributed by atoms with Gasteiger partial charge in [-0.05, 0) is 32.9 Å². The highest BCUT2D eigenvalue weighted by atomic mass is 35.5. The third-order valence-electron chi connectivity index (χ3n) is 4.15. The Morgan fingerprint density at radius 2 is 2.14 bits per heavy atom. The standard InChI is InChI=1S/C16H20N2O2.ClH/c1-11-13-7-3-4-8-14(13)20-15(11)16(19)18-9-5-6-12(10-18)17-2;/h3-4,7-8,12,17H,5-6,9-10H2,1-2H3;1H. The molecular weight excluding hydrogens is 288 g/mol. The van der Waals surface area contributed by atoms with Crippen molar-refractivity contribution in [2.75, 3.05) is 20.1 Å². The van der Waals surface area contributed by atoms with Crippen LogP contribution in [0.15, 0.2) is 28.7 Å². The number of rotatable bonds is 2. The summed E-state index contributed by atoms with van der Waals surface area (Å²) in [6, 6.07) is 8.19. The molecule has 0 saturated carbocycles. The molecule has 21 heavy (non-hydrogen) atoms. The lowest BCUT2D eigenvalue weighted by Crippen LogP contribution is -2.47. The molecule has 2 heterocycles. The van der Waals surface area contributed by atoms with Gasteiger partial charge in [0, 0.05) is 30.1 Å². The molecule has 1 amide bonds. The van der Waals surface area contributed by atoms with Crippen LogP contribution in [0.3, 0.4) is 0 Å². The predicted octanol–water partition coefficient (Wildman–Crippen LogP) is 2.99. The number of likely N-dealkylation sites (tertiary alicyclic amines) is 1. The van der Waals surface area contributed by atoms with Gasteiger partial charge in [0.25, 0.3) is 5.91 Å². The van der Waals surface area contributed by atoms with Gasteiger partial charge < -0.3 is 14.6 Å². The molecule has 114 valence electrons. The Bertz CT molecular complexity index is 638. The minimum Gasteiger partial charge on any atom is -0.451 e. The van der Waals surface area contributed by atoms with Gasteiger partial charge in [-0.25, -0.2) is 0 Å². The summed E-state index contributed by atoms with van der Waals surface area (Å²) in [5, 5.41) is 4.28. The summed E-state index contributed by atoms with van der Waals surface area (Å²) in [5.74, 6) is 0.501. The zero-order valence-corrected chi connectivity index (χ0v) is 13.2. The van der Waals surface area contributed by atoms with Gasteiger partial charge >= 0.3 is 0 Å². The summed E-state index contributed by atoms with van der Waals surface area (Å²) >= 11 is 0. The van der Waals surface area contributed by atoms with E-state index in [0.717, 1.165) is 42.5 Å². The van der Waals surface area contributed by atoms with E-state index >= 15 is 0 Å². The maximum atomic E-state index is 12.7. The predicted molar refractivity (Wildman–Crippen MR) is 86.2 cm³/mol. The number of nitrogens with zero attached hydrogens (tertiary/aromatic N) is 1. The molecule has 1 N–H and O–H groups in total. The monoisotopic (exact) mass is 308 g/mol. The number of amides is 1. The third-order valence-corrected chi connectivity index (χ3v) is 4.15. The second-order valence-electron chi connectivity index (χ2n) is 5.43. The molecule has 2 aromatic rings. The molecular formula is C16H21ClN2O2. The Morgan fingerprint density at radius 3 is 2.86 bits per heavy atom. The van der Waals surface area contributed by atoms with Gasteiger partial charge in [0.2, 0.25) is 0 Å². The fourth-order valence-electron chi connectivity index (χ4n) is 2.92. The van der Waals surface area contributed by atoms with Crippen LogP contribution in [0.2, 0.25) is 0 Å². The minimum atomic E-state index is 0. The number of hydrogen-bond acceptors (Lipinski definition) is 3. The van der Waals surface area contributed by atoms with Crippen molar-refractivity contribution in [1.82, 2.24) is 10.2 Å². The van der Waals surface area contributed by atoms with Gasteiger partial charge in [-0.3, -0.25) is 4.79 Å². The highest BCUT2D eigenvalue weighted by Gasteiger charge is 2.27. The average Bonchev–Trinajstić information content (AvgIpc) is 2.84. The van der Waals surface area contributed by atoms with Crippen molar-refractivity contribution < 1.29 is 9.21 Å². The molecule has 1 fully saturated rings. The maximum Gasteiger partial charge on any atom is 0.289 e. The Labute approximate surface area is 130 Å². The highest BCUT2D eigenvalue weighted by molar-refractivity contribution is 5.99. The minimum absolute atomic E-state index is 0. The molecule has 0 aliphatic carbocycles. The highest BCUT2D eigenvalue weighted by Crippen LogP contribution is 2.26. The van der Waals surface area contributed by atoms with E-state index in [4.69, 9.17) is 4.42 Å². The van der Waals surface area contributed by atoms with Crippen molar-refractivity contribution >= 4 is 29.3 Å². The van der Waals surface area contributed by atoms with Gasteiger partial charge in [-0.1, -0.05) is 18.2 Å². The van der Waals surface area contributed by atoms with E-state index in [0.29, 0.717) is 11.8 Å². The zero-order valence-electron chi connectivity index (χ0n) is 12.4. The van der Waals surface area contributed by atoms with Gasteiger partial charge in [-0.2, -0.15) is 0 Å². The van der Waals surface area contributed by atoms with Crippen molar-refractivity contribution in [3.8, 4) is 0 Å². The largest absolute Gasteiger partial charge is 0.451 e. The summed E-state index contributed by atoms with van der Waals surface area (Å²) in [6.07, 6.45) is 2.16. The second-order valence-corrected chi connectivity index (χ2v) is 5.43. The van der Waals surface area contributed by atoms with Crippen molar-refractivity contribution in [2.45, 2.75) is 25.8 Å². The summed E-state index contributed by atoms with van der Waals surface area (Å²) in [7, 11) is 1.95. The zero-order chi connectivity index (χ0) is 14.1. The smallest absolute Gasteiger partial charge is 0.289 e. The lowest BCUT2D eigenvalue weighted by atomic mass is 10.0. The normalized spacial score (nSPS) is 18.6. The summed E-state index contributed by atoms with van der Waals surface area (Å²) in [4.78, 5) is 14.6. The number of fused-ring (bicyclic) bond motifs is 1. The van der Waals surface area contributed by atoms with E-state index in [1.165, 1.54) is 0 Å². The summed E-state index contributed by atoms with van der Waals surface area (Å²) < 4.78 is 5.77. The number of piperidine rings is 1. The lowest BCUT2D eigenvalue weighted by molar-refractivity contribution is 0.0667. The molecule has 1 aliphatic rings. The Hall–Kier alpha value is -1.52. The van der Waals surface area contributed by atoms with Crippen LogP contribution in [0.4, 0.5) is 0 Å². The van der Waals surface area contributed by atoms with Gasteiger partial charge in [0.05, 0.1) is 0 Å². The third kappa shape index (κ3) is 2.92. The average molecular weight is 309 g/mol. The van der Waals surface area contributed by atoms with Gasteiger partial charge in [0.1, 0.15) is 5.58 Å². The first kappa shape index (κ1) is 15.9. The molecule has 0 bridgehead atoms. The molecule has 1 atom stereocenters. The molecule has 1 saturated heterocycles. The maximum absolute atomic E-state index is 12.7. The Balaban J connectivity index is 0.00000161. The van der Waals surface area contributed by atoms with Crippen LogP contribution < -0.4 is 5.32 Å². The van der Waals surface area contributed by atoms with E-state index in [2.05, 4.69) is 5.32 Å². The van der Waals surface area contributed by atoms with Gasteiger partial charge in [-0.15, -0.1) is 12.4 Å². The van der Waals surface area contributed by atoms with Crippen LogP contribution >= 0.6 is 12.4 Å². The van der Waals surface area contributed by atoms with Crippen LogP contribution in [0.1, 0.15) is 29.0 Å². The fourth-order valence-corrected chi connectivity index (χ4v) is 2.92. The first-order chi connectivity index (χ1) is 9.70. The van der Waals surface area contributed by atoms with E-state index in [1.54, 1.807) is 0 Å². The molecule has 1 aromatic heterocycles. The van der Waals surface area contributed by atoms with Crippen molar-refractivity contribution in [3.63, 3.8) is 0 Å². The molecule has 0 radical (unpaired) electrons. The quantitative estimate of drug-likeness (QED) is 0.927. The van der Waals surface area contributed by atoms with Crippen LogP contribution in [0.25, 0.3) is 11.0 Å². The van der Waals surface area contributed by atoms with E-state index < -0.39 is 0 Å². The number of halogens is 1. The van der Waals surface area contributed by atoms with Crippen LogP contribution in [-0.4, -0.2) is 37.0 Å². The van der Waals surface area contributed by atoms with Crippen molar-refractivity contribution in [2.24, 2.45) is 0 Å². The van der Waals surface area contributed by atoms with Crippen LogP contribution in [0.5, 0.6) is 0 Å². The van der Waals surface area contributed by atoms with Crippen LogP contribution in [0, 0.1) is 6.92 Å². The number of furan rings is 1. The molecule has 0 spiro atoms. The number of aryl methyl sites for hydroxylation is 1. The second kappa shape index (κ2) is 6.50. The molecule has 3 rings (SSSR count). The number of para-hydroxylation sites is 1. The molecule has 5 heteroatoms.